The molecule has 1 fully saturated rings. The molecule has 0 aromatic heterocycles. The summed E-state index contributed by atoms with van der Waals surface area (Å²) in [5.74, 6) is 0.773. The third-order valence-electron chi connectivity index (χ3n) is 2.90. The van der Waals surface area contributed by atoms with Gasteiger partial charge >= 0.3 is 0 Å². The second-order valence-electron chi connectivity index (χ2n) is 4.13. The van der Waals surface area contributed by atoms with Gasteiger partial charge in [0.15, 0.2) is 0 Å². The van der Waals surface area contributed by atoms with Gasteiger partial charge in [0.2, 0.25) is 0 Å². The van der Waals surface area contributed by atoms with Gasteiger partial charge in [-0.15, -0.1) is 0 Å². The van der Waals surface area contributed by atoms with E-state index in [1.165, 1.54) is 0 Å². The van der Waals surface area contributed by atoms with Gasteiger partial charge in [-0.05, 0) is 24.1 Å². The third-order valence-corrected chi connectivity index (χ3v) is 3.25. The first-order valence-corrected chi connectivity index (χ1v) is 5.79. The number of aliphatic hydroxyl groups excluding tert-OH is 1. The van der Waals surface area contributed by atoms with Crippen molar-refractivity contribution in [3.05, 3.63) is 28.8 Å². The summed E-state index contributed by atoms with van der Waals surface area (Å²) >= 11 is 6.15. The van der Waals surface area contributed by atoms with Crippen LogP contribution in [0, 0.1) is 0 Å². The predicted molar refractivity (Wildman–Crippen MR) is 63.9 cm³/mol. The lowest BCUT2D eigenvalue weighted by Crippen LogP contribution is -2.21. The standard InChI is InChI=1S/C12H16ClNO2/c1-16-11-3-2-9(12(13)6-11)7-14-5-4-10(15)8-14/h2-3,6,10,15H,4-5,7-8H2,1H3/t10-/m0/s1. The van der Waals surface area contributed by atoms with Gasteiger partial charge in [-0.2, -0.15) is 0 Å². The van der Waals surface area contributed by atoms with Crippen LogP contribution in [0.25, 0.3) is 0 Å². The lowest BCUT2D eigenvalue weighted by molar-refractivity contribution is 0.175. The molecular weight excluding hydrogens is 226 g/mol. The summed E-state index contributed by atoms with van der Waals surface area (Å²) in [7, 11) is 1.63. The number of nitrogens with zero attached hydrogens (tertiary/aromatic N) is 1. The largest absolute Gasteiger partial charge is 0.497 e. The Hall–Kier alpha value is -0.770. The first kappa shape index (κ1) is 11.7. The van der Waals surface area contributed by atoms with E-state index in [1.807, 2.05) is 18.2 Å². The zero-order valence-corrected chi connectivity index (χ0v) is 10.1. The summed E-state index contributed by atoms with van der Waals surface area (Å²) in [5.41, 5.74) is 1.08. The molecule has 0 bridgehead atoms. The highest BCUT2D eigenvalue weighted by molar-refractivity contribution is 6.31. The van der Waals surface area contributed by atoms with E-state index in [0.29, 0.717) is 0 Å². The summed E-state index contributed by atoms with van der Waals surface area (Å²) in [6.07, 6.45) is 0.672. The van der Waals surface area contributed by atoms with Crippen LogP contribution in [0.3, 0.4) is 0 Å². The first-order valence-electron chi connectivity index (χ1n) is 5.42. The second-order valence-corrected chi connectivity index (χ2v) is 4.54. The Kier molecular flexibility index (Phi) is 3.69. The molecule has 1 N–H and O–H groups in total. The molecule has 0 radical (unpaired) electrons. The van der Waals surface area contributed by atoms with Gasteiger partial charge in [-0.3, -0.25) is 4.90 Å². The Morgan fingerprint density at radius 2 is 2.38 bits per heavy atom. The average molecular weight is 242 g/mol. The van der Waals surface area contributed by atoms with Gasteiger partial charge in [-0.1, -0.05) is 17.7 Å². The fraction of sp³-hybridized carbons (Fsp3) is 0.500. The zero-order valence-electron chi connectivity index (χ0n) is 9.32. The van der Waals surface area contributed by atoms with Crippen molar-refractivity contribution < 1.29 is 9.84 Å². The van der Waals surface area contributed by atoms with Crippen LogP contribution in [0.4, 0.5) is 0 Å². The molecule has 0 spiro atoms. The number of benzene rings is 1. The van der Waals surface area contributed by atoms with Crippen molar-refractivity contribution in [1.29, 1.82) is 0 Å². The molecule has 0 amide bonds. The first-order chi connectivity index (χ1) is 7.69. The van der Waals surface area contributed by atoms with Gasteiger partial charge in [0, 0.05) is 24.7 Å². The molecule has 4 heteroatoms. The summed E-state index contributed by atoms with van der Waals surface area (Å²) in [4.78, 5) is 2.21. The fourth-order valence-electron chi connectivity index (χ4n) is 1.98. The lowest BCUT2D eigenvalue weighted by Gasteiger charge is -2.16. The van der Waals surface area contributed by atoms with Crippen LogP contribution in [-0.2, 0) is 6.54 Å². The Morgan fingerprint density at radius 1 is 1.56 bits per heavy atom. The van der Waals surface area contributed by atoms with E-state index >= 15 is 0 Å². The highest BCUT2D eigenvalue weighted by atomic mass is 35.5. The molecule has 1 aliphatic heterocycles. The quantitative estimate of drug-likeness (QED) is 0.878. The van der Waals surface area contributed by atoms with Crippen LogP contribution in [-0.4, -0.2) is 36.3 Å². The van der Waals surface area contributed by atoms with Crippen molar-refractivity contribution in [2.75, 3.05) is 20.2 Å². The maximum Gasteiger partial charge on any atom is 0.120 e. The van der Waals surface area contributed by atoms with Crippen molar-refractivity contribution >= 4 is 11.6 Å². The molecule has 0 unspecified atom stereocenters. The number of rotatable bonds is 3. The Balaban J connectivity index is 2.04. The number of hydrogen-bond acceptors (Lipinski definition) is 3. The highest BCUT2D eigenvalue weighted by Crippen LogP contribution is 2.24. The van der Waals surface area contributed by atoms with E-state index in [-0.39, 0.29) is 6.10 Å². The van der Waals surface area contributed by atoms with Gasteiger partial charge in [0.05, 0.1) is 13.2 Å². The maximum atomic E-state index is 9.43. The fourth-order valence-corrected chi connectivity index (χ4v) is 2.21. The molecule has 1 saturated heterocycles. The highest BCUT2D eigenvalue weighted by Gasteiger charge is 2.20. The summed E-state index contributed by atoms with van der Waals surface area (Å²) in [6, 6.07) is 5.71. The third kappa shape index (κ3) is 2.67. The minimum absolute atomic E-state index is 0.183. The zero-order chi connectivity index (χ0) is 11.5. The summed E-state index contributed by atoms with van der Waals surface area (Å²) in [5, 5.41) is 10.2. The molecular formula is C12H16ClNO2. The van der Waals surface area contributed by atoms with Crippen molar-refractivity contribution in [3.8, 4) is 5.75 Å². The lowest BCUT2D eigenvalue weighted by atomic mass is 10.2. The van der Waals surface area contributed by atoms with Gasteiger partial charge in [0.1, 0.15) is 5.75 Å². The SMILES string of the molecule is COc1ccc(CN2CC[C@H](O)C2)c(Cl)c1. The van der Waals surface area contributed by atoms with Crippen molar-refractivity contribution in [2.45, 2.75) is 19.1 Å². The average Bonchev–Trinajstić information content (AvgIpc) is 2.67. The van der Waals surface area contributed by atoms with E-state index in [4.69, 9.17) is 16.3 Å². The monoisotopic (exact) mass is 241 g/mol. The molecule has 1 aromatic rings. The Bertz CT molecular complexity index is 370. The van der Waals surface area contributed by atoms with E-state index in [2.05, 4.69) is 4.90 Å². The van der Waals surface area contributed by atoms with Crippen LogP contribution in [0.2, 0.25) is 5.02 Å². The molecule has 0 saturated carbocycles. The second kappa shape index (κ2) is 5.04. The van der Waals surface area contributed by atoms with Crippen LogP contribution < -0.4 is 4.74 Å². The number of methoxy groups -OCH3 is 1. The summed E-state index contributed by atoms with van der Waals surface area (Å²) < 4.78 is 5.10. The van der Waals surface area contributed by atoms with Crippen LogP contribution in [0.15, 0.2) is 18.2 Å². The number of likely N-dealkylation sites (tertiary alicyclic amines) is 1. The van der Waals surface area contributed by atoms with Crippen molar-refractivity contribution in [2.24, 2.45) is 0 Å². The molecule has 16 heavy (non-hydrogen) atoms. The molecule has 1 aliphatic rings. The van der Waals surface area contributed by atoms with Crippen LogP contribution >= 0.6 is 11.6 Å². The van der Waals surface area contributed by atoms with Crippen molar-refractivity contribution in [1.82, 2.24) is 4.90 Å². The molecule has 1 atom stereocenters. The summed E-state index contributed by atoms with van der Waals surface area (Å²) in [6.45, 7) is 2.46. The predicted octanol–water partition coefficient (Wildman–Crippen LogP) is 1.92. The smallest absolute Gasteiger partial charge is 0.120 e. The van der Waals surface area contributed by atoms with Gasteiger partial charge in [-0.25, -0.2) is 0 Å². The molecule has 2 rings (SSSR count). The van der Waals surface area contributed by atoms with Crippen molar-refractivity contribution in [3.63, 3.8) is 0 Å². The molecule has 88 valence electrons. The minimum atomic E-state index is -0.183. The molecule has 1 aromatic carbocycles. The molecule has 3 nitrogen and oxygen atoms in total. The normalized spacial score (nSPS) is 21.3. The minimum Gasteiger partial charge on any atom is -0.497 e. The molecule has 1 heterocycles. The number of halogens is 1. The van der Waals surface area contributed by atoms with E-state index in [9.17, 15) is 5.11 Å². The molecule has 0 aliphatic carbocycles. The van der Waals surface area contributed by atoms with Gasteiger partial charge < -0.3 is 9.84 Å². The van der Waals surface area contributed by atoms with E-state index < -0.39 is 0 Å². The number of aliphatic hydroxyl groups is 1. The topological polar surface area (TPSA) is 32.7 Å². The maximum absolute atomic E-state index is 9.43. The number of β-amino-alcohol motifs (C(OH)–C–C–N with tert-alkyl or cyclic N) is 1. The number of ether oxygens (including phenoxy) is 1. The van der Waals surface area contributed by atoms with E-state index in [1.54, 1.807) is 7.11 Å². The number of hydrogen-bond donors (Lipinski definition) is 1. The Morgan fingerprint density at radius 3 is 2.94 bits per heavy atom. The Labute approximate surface area is 101 Å². The van der Waals surface area contributed by atoms with Crippen LogP contribution in [0.1, 0.15) is 12.0 Å². The van der Waals surface area contributed by atoms with Crippen LogP contribution in [0.5, 0.6) is 5.75 Å². The van der Waals surface area contributed by atoms with E-state index in [0.717, 1.165) is 42.4 Å². The van der Waals surface area contributed by atoms with Gasteiger partial charge in [0.25, 0.3) is 0 Å².